The monoisotopic (exact) mass is 356 g/mol. The van der Waals surface area contributed by atoms with Gasteiger partial charge in [-0.1, -0.05) is 6.07 Å². The Morgan fingerprint density at radius 3 is 2.88 bits per heavy atom. The van der Waals surface area contributed by atoms with Crippen LogP contribution in [0.1, 0.15) is 18.5 Å². The first-order valence-electron chi connectivity index (χ1n) is 7.29. The first kappa shape index (κ1) is 16.6. The van der Waals surface area contributed by atoms with Gasteiger partial charge >= 0.3 is 16.4 Å². The highest BCUT2D eigenvalue weighted by Gasteiger charge is 2.49. The topological polar surface area (TPSA) is 129 Å². The van der Waals surface area contributed by atoms with Crippen molar-refractivity contribution in [1.29, 1.82) is 0 Å². The van der Waals surface area contributed by atoms with Gasteiger partial charge < -0.3 is 10.2 Å². The molecule has 24 heavy (non-hydrogen) atoms. The lowest BCUT2D eigenvalue weighted by molar-refractivity contribution is -0.126. The molecular formula is C13H16N4O6S. The first-order valence-corrected chi connectivity index (χ1v) is 8.66. The molecule has 1 aromatic heterocycles. The number of nitrogens with zero attached hydrogens (tertiary/aromatic N) is 3. The lowest BCUT2D eigenvalue weighted by Gasteiger charge is -2.29. The second kappa shape index (κ2) is 6.34. The summed E-state index contributed by atoms with van der Waals surface area (Å²) in [5, 5.41) is 3.33. The molecule has 0 radical (unpaired) electrons. The van der Waals surface area contributed by atoms with Crippen LogP contribution < -0.4 is 5.32 Å². The van der Waals surface area contributed by atoms with Crippen molar-refractivity contribution < 1.29 is 26.8 Å². The molecule has 3 heterocycles. The van der Waals surface area contributed by atoms with Crippen LogP contribution in [0.15, 0.2) is 24.4 Å². The van der Waals surface area contributed by atoms with Gasteiger partial charge in [0.2, 0.25) is 5.91 Å². The van der Waals surface area contributed by atoms with Gasteiger partial charge in [0, 0.05) is 12.7 Å². The first-order chi connectivity index (χ1) is 11.3. The summed E-state index contributed by atoms with van der Waals surface area (Å²) in [6, 6.07) is 3.34. The fourth-order valence-corrected chi connectivity index (χ4v) is 3.29. The van der Waals surface area contributed by atoms with E-state index in [0.29, 0.717) is 23.6 Å². The van der Waals surface area contributed by atoms with Crippen LogP contribution in [0.4, 0.5) is 4.79 Å². The average molecular weight is 356 g/mol. The molecule has 130 valence electrons. The molecule has 2 N–H and O–H groups in total. The van der Waals surface area contributed by atoms with Crippen molar-refractivity contribution in [2.24, 2.45) is 0 Å². The Labute approximate surface area is 138 Å². The third-order valence-corrected chi connectivity index (χ3v) is 4.32. The quantitative estimate of drug-likeness (QED) is 0.693. The van der Waals surface area contributed by atoms with Crippen LogP contribution in [0.3, 0.4) is 0 Å². The Balaban J connectivity index is 1.64. The number of rotatable bonds is 5. The van der Waals surface area contributed by atoms with Crippen molar-refractivity contribution in [3.8, 4) is 0 Å². The number of hydrogen-bond donors (Lipinski definition) is 2. The molecule has 0 aromatic carbocycles. The molecule has 11 heteroatoms. The molecule has 10 nitrogen and oxygen atoms in total. The van der Waals surface area contributed by atoms with E-state index < -0.39 is 28.5 Å². The molecule has 0 spiro atoms. The highest BCUT2D eigenvalue weighted by molar-refractivity contribution is 7.80. The zero-order valence-corrected chi connectivity index (χ0v) is 13.3. The van der Waals surface area contributed by atoms with E-state index in [-0.39, 0.29) is 19.0 Å². The maximum Gasteiger partial charge on any atom is 0.418 e. The van der Waals surface area contributed by atoms with Gasteiger partial charge in [-0.15, -0.1) is 4.28 Å². The van der Waals surface area contributed by atoms with E-state index in [2.05, 4.69) is 14.6 Å². The Hall–Kier alpha value is -2.24. The van der Waals surface area contributed by atoms with Gasteiger partial charge in [-0.25, -0.2) is 4.79 Å². The van der Waals surface area contributed by atoms with Crippen molar-refractivity contribution in [1.82, 2.24) is 20.3 Å². The summed E-state index contributed by atoms with van der Waals surface area (Å²) in [5.41, 5.74) is 0.684. The zero-order valence-electron chi connectivity index (χ0n) is 12.5. The van der Waals surface area contributed by atoms with Crippen molar-refractivity contribution in [2.75, 3.05) is 6.54 Å². The fourth-order valence-electron chi connectivity index (χ4n) is 2.90. The van der Waals surface area contributed by atoms with Crippen LogP contribution in [-0.2, 0) is 26.0 Å². The van der Waals surface area contributed by atoms with E-state index in [1.807, 2.05) is 0 Å². The normalized spacial score (nSPS) is 23.5. The van der Waals surface area contributed by atoms with E-state index in [4.69, 9.17) is 4.55 Å². The third kappa shape index (κ3) is 3.47. The van der Waals surface area contributed by atoms with Gasteiger partial charge in [0.15, 0.2) is 0 Å². The number of hydrogen-bond acceptors (Lipinski definition) is 6. The van der Waals surface area contributed by atoms with Crippen LogP contribution in [0.25, 0.3) is 0 Å². The van der Waals surface area contributed by atoms with Crippen LogP contribution in [0.5, 0.6) is 0 Å². The van der Waals surface area contributed by atoms with E-state index in [0.717, 1.165) is 0 Å². The number of amides is 3. The van der Waals surface area contributed by atoms with Crippen LogP contribution in [0, 0.1) is 0 Å². The Bertz CT molecular complexity index is 740. The minimum absolute atomic E-state index is 0.163. The van der Waals surface area contributed by atoms with Gasteiger partial charge in [-0.2, -0.15) is 13.5 Å². The largest absolute Gasteiger partial charge is 0.418 e. The minimum Gasteiger partial charge on any atom is -0.349 e. The van der Waals surface area contributed by atoms with E-state index in [1.54, 1.807) is 24.4 Å². The van der Waals surface area contributed by atoms with Gasteiger partial charge in [0.25, 0.3) is 0 Å². The molecule has 3 rings (SSSR count). The predicted octanol–water partition coefficient (Wildman–Crippen LogP) is -0.299. The van der Waals surface area contributed by atoms with Crippen LogP contribution in [0.2, 0.25) is 0 Å². The smallest absolute Gasteiger partial charge is 0.349 e. The lowest BCUT2D eigenvalue weighted by Crippen LogP contribution is -2.49. The summed E-state index contributed by atoms with van der Waals surface area (Å²) in [6.07, 6.45) is 2.37. The number of carbonyl (C=O) groups excluding carboxylic acids is 2. The number of carbonyl (C=O) groups is 2. The standard InChI is InChI=1S/C13H16N4O6S/c18-12(15-7-9-3-1-2-6-14-9)11-5-4-10-8-16(11)13(19)17(10)23-24(20,21)22/h1-3,6,10-11H,4-5,7-8H2,(H,15,18)(H,20,21,22)/t10-,11+/m1/s1. The summed E-state index contributed by atoms with van der Waals surface area (Å²) in [7, 11) is -4.79. The summed E-state index contributed by atoms with van der Waals surface area (Å²) in [4.78, 5) is 29.9. The SMILES string of the molecule is O=C(NCc1ccccn1)[C@@H]1CC[C@@H]2CN1C(=O)N2OS(=O)(=O)O. The fraction of sp³-hybridized carbons (Fsp3) is 0.462. The van der Waals surface area contributed by atoms with Crippen molar-refractivity contribution in [3.63, 3.8) is 0 Å². The van der Waals surface area contributed by atoms with E-state index in [9.17, 15) is 18.0 Å². The summed E-state index contributed by atoms with van der Waals surface area (Å²) in [6.45, 7) is 0.392. The molecule has 1 aromatic rings. The zero-order chi connectivity index (χ0) is 17.3. The summed E-state index contributed by atoms with van der Waals surface area (Å²) in [5.74, 6) is -0.346. The van der Waals surface area contributed by atoms with Gasteiger partial charge in [-0.05, 0) is 25.0 Å². The number of hydroxylamine groups is 2. The predicted molar refractivity (Wildman–Crippen MR) is 79.5 cm³/mol. The molecular weight excluding hydrogens is 340 g/mol. The Morgan fingerprint density at radius 1 is 1.42 bits per heavy atom. The summed E-state index contributed by atoms with van der Waals surface area (Å²) >= 11 is 0. The van der Waals surface area contributed by atoms with E-state index >= 15 is 0 Å². The minimum atomic E-state index is -4.79. The molecule has 2 bridgehead atoms. The average Bonchev–Trinajstić information content (AvgIpc) is 2.77. The third-order valence-electron chi connectivity index (χ3n) is 3.97. The molecule has 2 fully saturated rings. The molecule has 0 aliphatic carbocycles. The maximum atomic E-state index is 12.3. The van der Waals surface area contributed by atoms with Gasteiger partial charge in [0.1, 0.15) is 6.04 Å². The number of urea groups is 1. The maximum absolute atomic E-state index is 12.3. The molecule has 2 saturated heterocycles. The number of fused-ring (bicyclic) bond motifs is 2. The number of piperidine rings is 1. The Kier molecular flexibility index (Phi) is 4.39. The number of aromatic nitrogens is 1. The van der Waals surface area contributed by atoms with E-state index in [1.165, 1.54) is 4.90 Å². The highest BCUT2D eigenvalue weighted by Crippen LogP contribution is 2.30. The molecule has 0 saturated carbocycles. The summed E-state index contributed by atoms with van der Waals surface area (Å²) < 4.78 is 34.7. The number of nitrogens with one attached hydrogen (secondary N) is 1. The Morgan fingerprint density at radius 2 is 2.21 bits per heavy atom. The van der Waals surface area contributed by atoms with Crippen LogP contribution >= 0.6 is 0 Å². The second-order valence-corrected chi connectivity index (χ2v) is 6.55. The molecule has 2 aliphatic heterocycles. The molecule has 0 unspecified atom stereocenters. The van der Waals surface area contributed by atoms with Crippen LogP contribution in [-0.4, -0.2) is 58.5 Å². The van der Waals surface area contributed by atoms with Crippen molar-refractivity contribution in [2.45, 2.75) is 31.5 Å². The number of pyridine rings is 1. The second-order valence-electron chi connectivity index (χ2n) is 5.55. The van der Waals surface area contributed by atoms with Crippen molar-refractivity contribution in [3.05, 3.63) is 30.1 Å². The van der Waals surface area contributed by atoms with Gasteiger partial charge in [0.05, 0.1) is 18.3 Å². The molecule has 2 atom stereocenters. The lowest BCUT2D eigenvalue weighted by atomic mass is 10.0. The molecule has 2 aliphatic rings. The highest BCUT2D eigenvalue weighted by atomic mass is 32.3. The van der Waals surface area contributed by atoms with Gasteiger partial charge in [-0.3, -0.25) is 14.3 Å². The molecule has 3 amide bonds. The van der Waals surface area contributed by atoms with Crippen molar-refractivity contribution >= 4 is 22.3 Å².